The van der Waals surface area contributed by atoms with Gasteiger partial charge in [0.15, 0.2) is 5.60 Å². The van der Waals surface area contributed by atoms with E-state index in [0.717, 1.165) is 0 Å². The van der Waals surface area contributed by atoms with Gasteiger partial charge in [-0.05, 0) is 26.8 Å². The van der Waals surface area contributed by atoms with E-state index in [2.05, 4.69) is 0 Å². The summed E-state index contributed by atoms with van der Waals surface area (Å²) < 4.78 is 15.2. The predicted octanol–water partition coefficient (Wildman–Crippen LogP) is 1.02. The number of amides is 1. The minimum absolute atomic E-state index is 0.0733. The molecule has 0 N–H and O–H groups in total. The Hall–Kier alpha value is -2.05. The summed E-state index contributed by atoms with van der Waals surface area (Å²) in [6, 6.07) is -0.833. The lowest BCUT2D eigenvalue weighted by Crippen LogP contribution is -2.44. The van der Waals surface area contributed by atoms with Crippen LogP contribution in [-0.2, 0) is 23.8 Å². The Morgan fingerprint density at radius 2 is 2.10 bits per heavy atom. The van der Waals surface area contributed by atoms with Gasteiger partial charge in [0.05, 0.1) is 13.7 Å². The standard InChI is InChI=1S/C14H19NO6/c1-13(2,3)21-12(18)15-8-14(6-5-10(16)20-14)7-9(15)11(17)19-4/h5-6,9H,7-8H2,1-4H3/t9-,14?/m0/s1. The van der Waals surface area contributed by atoms with E-state index < -0.39 is 35.3 Å². The first-order valence-electron chi connectivity index (χ1n) is 6.65. The Bertz CT molecular complexity index is 506. The van der Waals surface area contributed by atoms with Crippen LogP contribution in [0.25, 0.3) is 0 Å². The van der Waals surface area contributed by atoms with Crippen molar-refractivity contribution in [3.8, 4) is 0 Å². The quantitative estimate of drug-likeness (QED) is 0.531. The van der Waals surface area contributed by atoms with Crippen molar-refractivity contribution in [3.05, 3.63) is 12.2 Å². The van der Waals surface area contributed by atoms with E-state index in [4.69, 9.17) is 14.2 Å². The highest BCUT2D eigenvalue weighted by atomic mass is 16.6. The molecular weight excluding hydrogens is 278 g/mol. The van der Waals surface area contributed by atoms with Gasteiger partial charge >= 0.3 is 18.0 Å². The van der Waals surface area contributed by atoms with Gasteiger partial charge in [-0.3, -0.25) is 4.90 Å². The van der Waals surface area contributed by atoms with Gasteiger partial charge in [0, 0.05) is 12.5 Å². The molecule has 0 radical (unpaired) electrons. The maximum Gasteiger partial charge on any atom is 0.411 e. The molecular formula is C14H19NO6. The lowest BCUT2D eigenvalue weighted by atomic mass is 10.0. The third kappa shape index (κ3) is 3.17. The van der Waals surface area contributed by atoms with Crippen molar-refractivity contribution < 1.29 is 28.6 Å². The van der Waals surface area contributed by atoms with E-state index in [-0.39, 0.29) is 13.0 Å². The monoisotopic (exact) mass is 297 g/mol. The molecule has 1 amide bonds. The van der Waals surface area contributed by atoms with Gasteiger partial charge < -0.3 is 14.2 Å². The molecule has 1 spiro atoms. The highest BCUT2D eigenvalue weighted by molar-refractivity contribution is 5.87. The summed E-state index contributed by atoms with van der Waals surface area (Å²) in [6.45, 7) is 5.28. The third-order valence-electron chi connectivity index (χ3n) is 3.28. The Morgan fingerprint density at radius 3 is 2.57 bits per heavy atom. The number of carbonyl (C=O) groups excluding carboxylic acids is 3. The van der Waals surface area contributed by atoms with Crippen LogP contribution >= 0.6 is 0 Å². The number of methoxy groups -OCH3 is 1. The van der Waals surface area contributed by atoms with Crippen LogP contribution in [0.4, 0.5) is 4.79 Å². The molecule has 0 aromatic carbocycles. The number of nitrogens with zero attached hydrogens (tertiary/aromatic N) is 1. The first kappa shape index (κ1) is 15.3. The normalized spacial score (nSPS) is 27.9. The average molecular weight is 297 g/mol. The fourth-order valence-electron chi connectivity index (χ4n) is 2.44. The molecule has 0 saturated carbocycles. The number of likely N-dealkylation sites (tertiary alicyclic amines) is 1. The van der Waals surface area contributed by atoms with Gasteiger partial charge in [-0.2, -0.15) is 0 Å². The molecule has 2 heterocycles. The first-order chi connectivity index (χ1) is 9.66. The average Bonchev–Trinajstić information content (AvgIpc) is 2.91. The molecule has 0 aromatic heterocycles. The van der Waals surface area contributed by atoms with Crippen LogP contribution in [0.2, 0.25) is 0 Å². The molecule has 1 unspecified atom stereocenters. The van der Waals surface area contributed by atoms with Crippen LogP contribution in [0.1, 0.15) is 27.2 Å². The summed E-state index contributed by atoms with van der Waals surface area (Å²) in [4.78, 5) is 36.7. The number of hydrogen-bond acceptors (Lipinski definition) is 6. The molecule has 2 aliphatic rings. The molecule has 2 atom stereocenters. The number of rotatable bonds is 1. The molecule has 7 nitrogen and oxygen atoms in total. The molecule has 116 valence electrons. The number of ether oxygens (including phenoxy) is 3. The lowest BCUT2D eigenvalue weighted by Gasteiger charge is -2.27. The second-order valence-electron chi connectivity index (χ2n) is 6.17. The van der Waals surface area contributed by atoms with Crippen molar-refractivity contribution in [3.63, 3.8) is 0 Å². The highest BCUT2D eigenvalue weighted by Crippen LogP contribution is 2.36. The Labute approximate surface area is 122 Å². The van der Waals surface area contributed by atoms with Crippen LogP contribution in [-0.4, -0.2) is 53.8 Å². The maximum absolute atomic E-state index is 12.2. The van der Waals surface area contributed by atoms with Gasteiger partial charge in [-0.1, -0.05) is 0 Å². The number of esters is 2. The van der Waals surface area contributed by atoms with Gasteiger partial charge in [0.25, 0.3) is 0 Å². The molecule has 0 bridgehead atoms. The predicted molar refractivity (Wildman–Crippen MR) is 71.3 cm³/mol. The van der Waals surface area contributed by atoms with Crippen molar-refractivity contribution in [1.82, 2.24) is 4.90 Å². The number of hydrogen-bond donors (Lipinski definition) is 0. The molecule has 0 aromatic rings. The summed E-state index contributed by atoms with van der Waals surface area (Å²) in [5, 5.41) is 0. The Kier molecular flexibility index (Phi) is 3.69. The fourth-order valence-corrected chi connectivity index (χ4v) is 2.44. The summed E-state index contributed by atoms with van der Waals surface area (Å²) in [6.07, 6.45) is 2.41. The van der Waals surface area contributed by atoms with Crippen molar-refractivity contribution in [2.75, 3.05) is 13.7 Å². The van der Waals surface area contributed by atoms with Crippen LogP contribution in [0.3, 0.4) is 0 Å². The van der Waals surface area contributed by atoms with E-state index in [9.17, 15) is 14.4 Å². The molecule has 2 aliphatic heterocycles. The van der Waals surface area contributed by atoms with Gasteiger partial charge in [-0.25, -0.2) is 14.4 Å². The molecule has 21 heavy (non-hydrogen) atoms. The third-order valence-corrected chi connectivity index (χ3v) is 3.28. The fraction of sp³-hybridized carbons (Fsp3) is 0.643. The summed E-state index contributed by atoms with van der Waals surface area (Å²) in [7, 11) is 1.25. The minimum atomic E-state index is -0.965. The summed E-state index contributed by atoms with van der Waals surface area (Å²) in [5.41, 5.74) is -1.65. The van der Waals surface area contributed by atoms with Crippen molar-refractivity contribution >= 4 is 18.0 Å². The second kappa shape index (κ2) is 5.05. The largest absolute Gasteiger partial charge is 0.467 e. The van der Waals surface area contributed by atoms with Crippen LogP contribution < -0.4 is 0 Å². The zero-order valence-corrected chi connectivity index (χ0v) is 12.5. The Morgan fingerprint density at radius 1 is 1.43 bits per heavy atom. The molecule has 1 fully saturated rings. The van der Waals surface area contributed by atoms with E-state index in [0.29, 0.717) is 0 Å². The maximum atomic E-state index is 12.2. The van der Waals surface area contributed by atoms with Crippen LogP contribution in [0.15, 0.2) is 12.2 Å². The van der Waals surface area contributed by atoms with Crippen LogP contribution in [0.5, 0.6) is 0 Å². The van der Waals surface area contributed by atoms with E-state index >= 15 is 0 Å². The van der Waals surface area contributed by atoms with Crippen molar-refractivity contribution in [2.24, 2.45) is 0 Å². The lowest BCUT2D eigenvalue weighted by molar-refractivity contribution is -0.147. The van der Waals surface area contributed by atoms with Gasteiger partial charge in [0.1, 0.15) is 11.6 Å². The van der Waals surface area contributed by atoms with Gasteiger partial charge in [-0.15, -0.1) is 0 Å². The van der Waals surface area contributed by atoms with Gasteiger partial charge in [0.2, 0.25) is 0 Å². The zero-order chi connectivity index (χ0) is 15.8. The molecule has 2 rings (SSSR count). The minimum Gasteiger partial charge on any atom is -0.467 e. The van der Waals surface area contributed by atoms with Crippen molar-refractivity contribution in [1.29, 1.82) is 0 Å². The topological polar surface area (TPSA) is 82.1 Å². The highest BCUT2D eigenvalue weighted by Gasteiger charge is 2.53. The van der Waals surface area contributed by atoms with E-state index in [1.807, 2.05) is 0 Å². The number of carbonyl (C=O) groups is 3. The van der Waals surface area contributed by atoms with E-state index in [1.165, 1.54) is 18.1 Å². The molecule has 0 aliphatic carbocycles. The molecule has 1 saturated heterocycles. The summed E-state index contributed by atoms with van der Waals surface area (Å²) >= 11 is 0. The SMILES string of the molecule is COC(=O)[C@@H]1CC2(C=CC(=O)O2)CN1C(=O)OC(C)(C)C. The second-order valence-corrected chi connectivity index (χ2v) is 6.17. The Balaban J connectivity index is 2.21. The summed E-state index contributed by atoms with van der Waals surface area (Å²) in [5.74, 6) is -1.04. The molecule has 7 heteroatoms. The first-order valence-corrected chi connectivity index (χ1v) is 6.65. The van der Waals surface area contributed by atoms with Crippen LogP contribution in [0, 0.1) is 0 Å². The van der Waals surface area contributed by atoms with Crippen molar-refractivity contribution in [2.45, 2.75) is 44.4 Å². The smallest absolute Gasteiger partial charge is 0.411 e. The zero-order valence-electron chi connectivity index (χ0n) is 12.5. The van der Waals surface area contributed by atoms with E-state index in [1.54, 1.807) is 26.8 Å².